The number of aliphatic carboxylic acids is 1. The molecule has 5 nitrogen and oxygen atoms in total. The number of hydrogen-bond acceptors (Lipinski definition) is 5. The fourth-order valence-corrected chi connectivity index (χ4v) is 7.05. The number of carbonyl (C=O) groups is 1. The lowest BCUT2D eigenvalue weighted by Gasteiger charge is -2.37. The Morgan fingerprint density at radius 2 is 2.15 bits per heavy atom. The maximum atomic E-state index is 15.5. The first kappa shape index (κ1) is 25.5. The lowest BCUT2D eigenvalue weighted by Crippen LogP contribution is -2.44. The van der Waals surface area contributed by atoms with E-state index >= 15 is 4.39 Å². The van der Waals surface area contributed by atoms with Crippen molar-refractivity contribution in [2.45, 2.75) is 56.4 Å². The first-order valence-corrected chi connectivity index (χ1v) is 13.7. The zero-order chi connectivity index (χ0) is 24.1. The number of aromatic nitrogens is 1. The van der Waals surface area contributed by atoms with E-state index in [0.29, 0.717) is 35.2 Å². The number of carboxylic acid groups (broad SMARTS) is 1. The molecule has 1 saturated heterocycles. The molecule has 1 aliphatic heterocycles. The lowest BCUT2D eigenvalue weighted by molar-refractivity contribution is -0.146. The highest BCUT2D eigenvalue weighted by atomic mass is 35.5. The number of methoxy groups -OCH3 is 1. The van der Waals surface area contributed by atoms with Gasteiger partial charge in [0.2, 0.25) is 0 Å². The van der Waals surface area contributed by atoms with Crippen molar-refractivity contribution in [3.8, 4) is 5.75 Å². The molecular formula is C26H34ClFN2O3S. The molecule has 1 aliphatic carbocycles. The first-order chi connectivity index (χ1) is 16.5. The van der Waals surface area contributed by atoms with Crippen molar-refractivity contribution in [2.75, 3.05) is 32.5 Å². The maximum absolute atomic E-state index is 15.5. The molecule has 4 rings (SSSR count). The molecule has 2 heterocycles. The Morgan fingerprint density at radius 3 is 2.88 bits per heavy atom. The highest BCUT2D eigenvalue weighted by molar-refractivity contribution is 7.99. The van der Waals surface area contributed by atoms with Crippen LogP contribution >= 0.6 is 23.4 Å². The van der Waals surface area contributed by atoms with Gasteiger partial charge < -0.3 is 14.7 Å². The van der Waals surface area contributed by atoms with Gasteiger partial charge in [0.1, 0.15) is 11.9 Å². The smallest absolute Gasteiger partial charge is 0.308 e. The van der Waals surface area contributed by atoms with Crippen molar-refractivity contribution in [2.24, 2.45) is 11.8 Å². The molecule has 1 saturated carbocycles. The van der Waals surface area contributed by atoms with E-state index in [0.717, 1.165) is 30.5 Å². The molecule has 1 aromatic carbocycles. The summed E-state index contributed by atoms with van der Waals surface area (Å²) in [5.74, 6) is 0.420. The molecule has 8 heteroatoms. The van der Waals surface area contributed by atoms with Crippen LogP contribution < -0.4 is 4.74 Å². The van der Waals surface area contributed by atoms with Gasteiger partial charge >= 0.3 is 5.97 Å². The van der Waals surface area contributed by atoms with Crippen LogP contribution in [-0.2, 0) is 4.79 Å². The standard InChI is InChI=1S/C26H34ClFN2O3S/c1-33-18-7-9-24-20(14-18)25(22(27)15-29-24)23(28)8-6-17-10-11-30(16-21(17)26(31)32)12-13-34-19-4-2-3-5-19/h7,9,14-15,17,19,21,23H,2-6,8,10-13,16H2,1H3,(H,31,32)/t17-,21+,23-/m0/s1. The molecule has 0 spiro atoms. The monoisotopic (exact) mass is 508 g/mol. The van der Waals surface area contributed by atoms with Gasteiger partial charge in [-0.2, -0.15) is 11.8 Å². The van der Waals surface area contributed by atoms with Crippen molar-refractivity contribution in [3.05, 3.63) is 35.0 Å². The molecule has 0 amide bonds. The van der Waals surface area contributed by atoms with E-state index in [2.05, 4.69) is 9.88 Å². The fourth-order valence-electron chi connectivity index (χ4n) is 5.42. The van der Waals surface area contributed by atoms with Crippen LogP contribution in [0.5, 0.6) is 5.75 Å². The Bertz CT molecular complexity index is 988. The summed E-state index contributed by atoms with van der Waals surface area (Å²) in [4.78, 5) is 18.6. The second-order valence-electron chi connectivity index (χ2n) is 9.52. The van der Waals surface area contributed by atoms with Crippen LogP contribution in [0.1, 0.15) is 56.7 Å². The molecule has 2 aromatic rings. The molecule has 3 atom stereocenters. The summed E-state index contributed by atoms with van der Waals surface area (Å²) < 4.78 is 20.8. The summed E-state index contributed by atoms with van der Waals surface area (Å²) >= 11 is 8.40. The van der Waals surface area contributed by atoms with Crippen LogP contribution in [0.4, 0.5) is 4.39 Å². The van der Waals surface area contributed by atoms with E-state index in [1.165, 1.54) is 31.9 Å². The van der Waals surface area contributed by atoms with Crippen molar-refractivity contribution in [1.29, 1.82) is 0 Å². The summed E-state index contributed by atoms with van der Waals surface area (Å²) in [6.45, 7) is 2.37. The van der Waals surface area contributed by atoms with Gasteiger partial charge in [-0.15, -0.1) is 0 Å². The predicted molar refractivity (Wildman–Crippen MR) is 137 cm³/mol. The normalized spacial score (nSPS) is 22.8. The molecule has 34 heavy (non-hydrogen) atoms. The lowest BCUT2D eigenvalue weighted by atomic mass is 9.81. The number of ether oxygens (including phenoxy) is 1. The molecule has 1 aromatic heterocycles. The predicted octanol–water partition coefficient (Wildman–Crippen LogP) is 6.39. The molecule has 186 valence electrons. The van der Waals surface area contributed by atoms with E-state index in [1.807, 2.05) is 11.8 Å². The minimum atomic E-state index is -1.29. The number of fused-ring (bicyclic) bond motifs is 1. The number of alkyl halides is 1. The third kappa shape index (κ3) is 6.16. The van der Waals surface area contributed by atoms with Crippen LogP contribution in [0.15, 0.2) is 24.4 Å². The van der Waals surface area contributed by atoms with Crippen LogP contribution in [0.2, 0.25) is 5.02 Å². The Kier molecular flexibility index (Phi) is 8.94. The molecule has 2 fully saturated rings. The SMILES string of the molecule is COc1ccc2ncc(Cl)c([C@@H](F)CC[C@H]3CCN(CCSC4CCCC4)C[C@H]3C(=O)O)c2c1. The Morgan fingerprint density at radius 1 is 1.35 bits per heavy atom. The summed E-state index contributed by atoms with van der Waals surface area (Å²) in [5, 5.41) is 11.6. The summed E-state index contributed by atoms with van der Waals surface area (Å²) in [6.07, 6.45) is 7.06. The number of nitrogens with zero attached hydrogens (tertiary/aromatic N) is 2. The van der Waals surface area contributed by atoms with Crippen LogP contribution in [0, 0.1) is 11.8 Å². The average molecular weight is 509 g/mol. The van der Waals surface area contributed by atoms with E-state index in [-0.39, 0.29) is 17.4 Å². The summed E-state index contributed by atoms with van der Waals surface area (Å²) in [7, 11) is 1.57. The highest BCUT2D eigenvalue weighted by Crippen LogP contribution is 2.39. The van der Waals surface area contributed by atoms with Gasteiger partial charge in [0.25, 0.3) is 0 Å². The van der Waals surface area contributed by atoms with Gasteiger partial charge in [0, 0.05) is 41.2 Å². The summed E-state index contributed by atoms with van der Waals surface area (Å²) in [5.41, 5.74) is 1.08. The van der Waals surface area contributed by atoms with E-state index < -0.39 is 18.1 Å². The van der Waals surface area contributed by atoms with Crippen molar-refractivity contribution < 1.29 is 19.0 Å². The number of likely N-dealkylation sites (tertiary alicyclic amines) is 1. The topological polar surface area (TPSA) is 62.7 Å². The molecule has 0 unspecified atom stereocenters. The summed E-state index contributed by atoms with van der Waals surface area (Å²) in [6, 6.07) is 5.35. The molecular weight excluding hydrogens is 475 g/mol. The van der Waals surface area contributed by atoms with Gasteiger partial charge in [-0.25, -0.2) is 4.39 Å². The van der Waals surface area contributed by atoms with Crippen molar-refractivity contribution in [1.82, 2.24) is 9.88 Å². The average Bonchev–Trinajstić information content (AvgIpc) is 3.36. The van der Waals surface area contributed by atoms with Gasteiger partial charge in [-0.1, -0.05) is 24.4 Å². The number of hydrogen-bond donors (Lipinski definition) is 1. The molecule has 2 aliphatic rings. The van der Waals surface area contributed by atoms with Crippen LogP contribution in [0.3, 0.4) is 0 Å². The molecule has 0 radical (unpaired) electrons. The van der Waals surface area contributed by atoms with Gasteiger partial charge in [0.15, 0.2) is 0 Å². The first-order valence-electron chi connectivity index (χ1n) is 12.3. The third-order valence-corrected chi connectivity index (χ3v) is 9.06. The number of benzene rings is 1. The Labute approximate surface area is 210 Å². The molecule has 1 N–H and O–H groups in total. The largest absolute Gasteiger partial charge is 0.497 e. The Hall–Kier alpha value is -1.57. The quantitative estimate of drug-likeness (QED) is 0.401. The number of rotatable bonds is 10. The second kappa shape index (κ2) is 11.9. The van der Waals surface area contributed by atoms with Crippen LogP contribution in [0.25, 0.3) is 10.9 Å². The number of piperidine rings is 1. The van der Waals surface area contributed by atoms with E-state index in [1.54, 1.807) is 25.3 Å². The van der Waals surface area contributed by atoms with Gasteiger partial charge in [0.05, 0.1) is 23.6 Å². The van der Waals surface area contributed by atoms with E-state index in [4.69, 9.17) is 16.3 Å². The Balaban J connectivity index is 1.36. The zero-order valence-electron chi connectivity index (χ0n) is 19.7. The zero-order valence-corrected chi connectivity index (χ0v) is 21.3. The third-order valence-electron chi connectivity index (χ3n) is 7.39. The number of carboxylic acids is 1. The fraction of sp³-hybridized carbons (Fsp3) is 0.615. The molecule has 0 bridgehead atoms. The number of pyridine rings is 1. The second-order valence-corrected chi connectivity index (χ2v) is 11.3. The minimum Gasteiger partial charge on any atom is -0.497 e. The van der Waals surface area contributed by atoms with Gasteiger partial charge in [-0.3, -0.25) is 9.78 Å². The van der Waals surface area contributed by atoms with Crippen LogP contribution in [-0.4, -0.2) is 58.7 Å². The maximum Gasteiger partial charge on any atom is 0.308 e. The number of halogens is 2. The van der Waals surface area contributed by atoms with Gasteiger partial charge in [-0.05, 0) is 62.8 Å². The van der Waals surface area contributed by atoms with E-state index in [9.17, 15) is 9.90 Å². The number of thioether (sulfide) groups is 1. The minimum absolute atomic E-state index is 0.0316. The van der Waals surface area contributed by atoms with Crippen molar-refractivity contribution in [3.63, 3.8) is 0 Å². The highest BCUT2D eigenvalue weighted by Gasteiger charge is 2.35. The van der Waals surface area contributed by atoms with Crippen molar-refractivity contribution >= 4 is 40.2 Å².